The van der Waals surface area contributed by atoms with Gasteiger partial charge in [0.05, 0.1) is 0 Å². The van der Waals surface area contributed by atoms with Gasteiger partial charge in [0.15, 0.2) is 11.6 Å². The predicted molar refractivity (Wildman–Crippen MR) is 70.3 cm³/mol. The van der Waals surface area contributed by atoms with Gasteiger partial charge in [-0.25, -0.2) is 4.39 Å². The van der Waals surface area contributed by atoms with Gasteiger partial charge in [-0.2, -0.15) is 0 Å². The average Bonchev–Trinajstić information content (AvgIpc) is 2.34. The number of nitrogens with two attached hydrogens (primary N) is 1. The number of hydrogen-bond donors (Lipinski definition) is 1. The fraction of sp³-hybridized carbons (Fsp3) is 0.200. The summed E-state index contributed by atoms with van der Waals surface area (Å²) in [5.41, 5.74) is 7.74. The standard InChI is InChI=1S/C15H16FNO/c1-10-3-8-14(16)15(9-10)18-13-6-4-12(5-7-13)11(2)17/h3-9,11H,17H2,1-2H3. The molecule has 0 radical (unpaired) electrons. The predicted octanol–water partition coefficient (Wildman–Crippen LogP) is 3.95. The van der Waals surface area contributed by atoms with Gasteiger partial charge in [0.1, 0.15) is 5.75 Å². The van der Waals surface area contributed by atoms with Crippen LogP contribution in [-0.4, -0.2) is 0 Å². The van der Waals surface area contributed by atoms with Crippen LogP contribution < -0.4 is 10.5 Å². The first kappa shape index (κ1) is 12.6. The van der Waals surface area contributed by atoms with Crippen molar-refractivity contribution < 1.29 is 9.13 Å². The Morgan fingerprint density at radius 3 is 2.39 bits per heavy atom. The molecule has 3 heteroatoms. The van der Waals surface area contributed by atoms with Crippen molar-refractivity contribution in [1.29, 1.82) is 0 Å². The maximum Gasteiger partial charge on any atom is 0.165 e. The van der Waals surface area contributed by atoms with Crippen LogP contribution in [0.15, 0.2) is 42.5 Å². The second-order valence-electron chi connectivity index (χ2n) is 4.39. The molecule has 0 fully saturated rings. The third-order valence-corrected chi connectivity index (χ3v) is 2.72. The van der Waals surface area contributed by atoms with E-state index in [1.54, 1.807) is 24.3 Å². The molecule has 1 unspecified atom stereocenters. The van der Waals surface area contributed by atoms with E-state index >= 15 is 0 Å². The van der Waals surface area contributed by atoms with Crippen LogP contribution in [0.5, 0.6) is 11.5 Å². The van der Waals surface area contributed by atoms with Crippen molar-refractivity contribution in [3.8, 4) is 11.5 Å². The van der Waals surface area contributed by atoms with Gasteiger partial charge in [0, 0.05) is 6.04 Å². The molecule has 2 aromatic rings. The molecule has 0 aliphatic heterocycles. The van der Waals surface area contributed by atoms with E-state index in [9.17, 15) is 4.39 Å². The first-order valence-electron chi connectivity index (χ1n) is 5.86. The van der Waals surface area contributed by atoms with E-state index in [4.69, 9.17) is 10.5 Å². The van der Waals surface area contributed by atoms with Crippen LogP contribution in [0, 0.1) is 12.7 Å². The fourth-order valence-electron chi connectivity index (χ4n) is 1.66. The highest BCUT2D eigenvalue weighted by Gasteiger charge is 2.05. The van der Waals surface area contributed by atoms with Crippen LogP contribution in [0.2, 0.25) is 0 Å². The van der Waals surface area contributed by atoms with Crippen LogP contribution in [-0.2, 0) is 0 Å². The number of hydrogen-bond acceptors (Lipinski definition) is 2. The summed E-state index contributed by atoms with van der Waals surface area (Å²) in [6.45, 7) is 3.81. The van der Waals surface area contributed by atoms with Gasteiger partial charge in [-0.05, 0) is 49.2 Å². The first-order chi connectivity index (χ1) is 8.56. The molecule has 0 aromatic heterocycles. The molecule has 0 aliphatic rings. The van der Waals surface area contributed by atoms with Crippen LogP contribution in [0.3, 0.4) is 0 Å². The molecule has 0 saturated heterocycles. The minimum absolute atomic E-state index is 0.0187. The van der Waals surface area contributed by atoms with Gasteiger partial charge in [0.25, 0.3) is 0 Å². The minimum Gasteiger partial charge on any atom is -0.454 e. The van der Waals surface area contributed by atoms with E-state index in [1.165, 1.54) is 6.07 Å². The third kappa shape index (κ3) is 2.87. The zero-order valence-electron chi connectivity index (χ0n) is 10.5. The zero-order chi connectivity index (χ0) is 13.1. The molecular weight excluding hydrogens is 229 g/mol. The van der Waals surface area contributed by atoms with Crippen LogP contribution in [0.4, 0.5) is 4.39 Å². The van der Waals surface area contributed by atoms with Crippen molar-refractivity contribution in [1.82, 2.24) is 0 Å². The monoisotopic (exact) mass is 245 g/mol. The maximum atomic E-state index is 13.5. The van der Waals surface area contributed by atoms with Gasteiger partial charge < -0.3 is 10.5 Å². The van der Waals surface area contributed by atoms with E-state index in [-0.39, 0.29) is 17.6 Å². The summed E-state index contributed by atoms with van der Waals surface area (Å²) in [6.07, 6.45) is 0. The Morgan fingerprint density at radius 2 is 1.78 bits per heavy atom. The Kier molecular flexibility index (Phi) is 3.63. The summed E-state index contributed by atoms with van der Waals surface area (Å²) in [7, 11) is 0. The summed E-state index contributed by atoms with van der Waals surface area (Å²) < 4.78 is 19.0. The van der Waals surface area contributed by atoms with Gasteiger partial charge >= 0.3 is 0 Å². The molecule has 0 bridgehead atoms. The quantitative estimate of drug-likeness (QED) is 0.888. The van der Waals surface area contributed by atoms with Crippen molar-refractivity contribution in [3.63, 3.8) is 0 Å². The second-order valence-corrected chi connectivity index (χ2v) is 4.39. The molecule has 2 aromatic carbocycles. The highest BCUT2D eigenvalue weighted by Crippen LogP contribution is 2.26. The lowest BCUT2D eigenvalue weighted by molar-refractivity contribution is 0.441. The molecule has 2 rings (SSSR count). The summed E-state index contributed by atoms with van der Waals surface area (Å²) in [6, 6.07) is 12.1. The fourth-order valence-corrected chi connectivity index (χ4v) is 1.66. The Balaban J connectivity index is 2.21. The Morgan fingerprint density at radius 1 is 1.11 bits per heavy atom. The lowest BCUT2D eigenvalue weighted by Crippen LogP contribution is -2.04. The van der Waals surface area contributed by atoms with Crippen molar-refractivity contribution in [2.24, 2.45) is 5.73 Å². The first-order valence-corrected chi connectivity index (χ1v) is 5.86. The van der Waals surface area contributed by atoms with Crippen LogP contribution in [0.25, 0.3) is 0 Å². The molecule has 18 heavy (non-hydrogen) atoms. The molecule has 94 valence electrons. The Hall–Kier alpha value is -1.87. The largest absolute Gasteiger partial charge is 0.454 e. The van der Waals surface area contributed by atoms with Crippen LogP contribution >= 0.6 is 0 Å². The second kappa shape index (κ2) is 5.19. The van der Waals surface area contributed by atoms with E-state index in [1.807, 2.05) is 26.0 Å². The summed E-state index contributed by atoms with van der Waals surface area (Å²) >= 11 is 0. The molecule has 0 spiro atoms. The van der Waals surface area contributed by atoms with Crippen LogP contribution in [0.1, 0.15) is 24.1 Å². The third-order valence-electron chi connectivity index (χ3n) is 2.72. The Labute approximate surface area is 106 Å². The molecule has 2 nitrogen and oxygen atoms in total. The summed E-state index contributed by atoms with van der Waals surface area (Å²) in [4.78, 5) is 0. The number of halogens is 1. The lowest BCUT2D eigenvalue weighted by Gasteiger charge is -2.09. The smallest absolute Gasteiger partial charge is 0.165 e. The van der Waals surface area contributed by atoms with E-state index in [0.29, 0.717) is 5.75 Å². The number of rotatable bonds is 3. The topological polar surface area (TPSA) is 35.2 Å². The highest BCUT2D eigenvalue weighted by molar-refractivity contribution is 5.36. The molecule has 0 saturated carbocycles. The maximum absolute atomic E-state index is 13.5. The summed E-state index contributed by atoms with van der Waals surface area (Å²) in [5.74, 6) is 0.476. The van der Waals surface area contributed by atoms with Crippen molar-refractivity contribution in [2.75, 3.05) is 0 Å². The van der Waals surface area contributed by atoms with Crippen molar-refractivity contribution in [3.05, 3.63) is 59.4 Å². The number of benzene rings is 2. The number of aryl methyl sites for hydroxylation is 1. The van der Waals surface area contributed by atoms with Gasteiger partial charge in [-0.1, -0.05) is 18.2 Å². The molecule has 1 atom stereocenters. The molecule has 0 amide bonds. The van der Waals surface area contributed by atoms with E-state index in [0.717, 1.165) is 11.1 Å². The van der Waals surface area contributed by atoms with Gasteiger partial charge in [-0.15, -0.1) is 0 Å². The van der Waals surface area contributed by atoms with Gasteiger partial charge in [0.2, 0.25) is 0 Å². The van der Waals surface area contributed by atoms with E-state index in [2.05, 4.69) is 0 Å². The van der Waals surface area contributed by atoms with Crippen molar-refractivity contribution >= 4 is 0 Å². The van der Waals surface area contributed by atoms with Gasteiger partial charge in [-0.3, -0.25) is 0 Å². The van der Waals surface area contributed by atoms with E-state index < -0.39 is 0 Å². The zero-order valence-corrected chi connectivity index (χ0v) is 10.5. The SMILES string of the molecule is Cc1ccc(F)c(Oc2ccc(C(C)N)cc2)c1. The lowest BCUT2D eigenvalue weighted by atomic mass is 10.1. The molecule has 0 heterocycles. The van der Waals surface area contributed by atoms with Crippen molar-refractivity contribution in [2.45, 2.75) is 19.9 Å². The average molecular weight is 245 g/mol. The molecular formula is C15H16FNO. The Bertz CT molecular complexity index is 535. The highest BCUT2D eigenvalue weighted by atomic mass is 19.1. The molecule has 2 N–H and O–H groups in total. The normalized spacial score (nSPS) is 12.2. The summed E-state index contributed by atoms with van der Waals surface area (Å²) in [5, 5.41) is 0. The molecule has 0 aliphatic carbocycles. The minimum atomic E-state index is -0.364. The number of ether oxygens (including phenoxy) is 1.